The van der Waals surface area contributed by atoms with E-state index in [1.54, 1.807) is 0 Å². The molecule has 0 aliphatic heterocycles. The van der Waals surface area contributed by atoms with Crippen LogP contribution in [0.25, 0.3) is 0 Å². The molecule has 2 aliphatic rings. The molecule has 0 heterocycles. The summed E-state index contributed by atoms with van der Waals surface area (Å²) in [5.74, 6) is 1.25. The van der Waals surface area contributed by atoms with Crippen LogP contribution in [0.2, 0.25) is 0 Å². The van der Waals surface area contributed by atoms with Gasteiger partial charge in [-0.2, -0.15) is 0 Å². The molecule has 3 N–H and O–H groups in total. The molecule has 124 valence electrons. The van der Waals surface area contributed by atoms with E-state index < -0.39 is 0 Å². The van der Waals surface area contributed by atoms with Gasteiger partial charge in [0.1, 0.15) is 0 Å². The van der Waals surface area contributed by atoms with E-state index in [0.29, 0.717) is 24.4 Å². The van der Waals surface area contributed by atoms with Crippen molar-refractivity contribution in [3.63, 3.8) is 0 Å². The van der Waals surface area contributed by atoms with Crippen LogP contribution in [0.5, 0.6) is 0 Å². The summed E-state index contributed by atoms with van der Waals surface area (Å²) >= 11 is 0. The third kappa shape index (κ3) is 4.98. The Morgan fingerprint density at radius 2 is 1.65 bits per heavy atom. The largest absolute Gasteiger partial charge is 0.351 e. The summed E-state index contributed by atoms with van der Waals surface area (Å²) in [6, 6.07) is 8.02. The molecule has 23 heavy (non-hydrogen) atoms. The second kappa shape index (κ2) is 7.02. The van der Waals surface area contributed by atoms with Crippen LogP contribution in [0.1, 0.15) is 36.8 Å². The Bertz CT molecular complexity index is 550. The maximum Gasteiger partial charge on any atom is 0.315 e. The lowest BCUT2D eigenvalue weighted by Crippen LogP contribution is -2.46. The minimum atomic E-state index is -0.310. The molecule has 2 saturated carbocycles. The van der Waals surface area contributed by atoms with E-state index in [0.717, 1.165) is 5.56 Å². The SMILES string of the molecule is Cc1ccc(CNC(=O)NCC(=O)NC(C2CC2)C2CC2)cc1. The van der Waals surface area contributed by atoms with Crippen LogP contribution in [0.15, 0.2) is 24.3 Å². The molecule has 0 unspecified atom stereocenters. The molecule has 1 aromatic carbocycles. The van der Waals surface area contributed by atoms with Crippen molar-refractivity contribution < 1.29 is 9.59 Å². The lowest BCUT2D eigenvalue weighted by molar-refractivity contribution is -0.121. The van der Waals surface area contributed by atoms with Crippen molar-refractivity contribution >= 4 is 11.9 Å². The standard InChI is InChI=1S/C18H25N3O2/c1-12-2-4-13(5-3-12)10-19-18(23)20-11-16(22)21-17(14-6-7-14)15-8-9-15/h2-5,14-15,17H,6-11H2,1H3,(H,21,22)(H2,19,20,23). The smallest absolute Gasteiger partial charge is 0.315 e. The fraction of sp³-hybridized carbons (Fsp3) is 0.556. The summed E-state index contributed by atoms with van der Waals surface area (Å²) in [6.45, 7) is 2.52. The van der Waals surface area contributed by atoms with E-state index in [4.69, 9.17) is 0 Å². The van der Waals surface area contributed by atoms with Crippen molar-refractivity contribution in [2.75, 3.05) is 6.54 Å². The van der Waals surface area contributed by atoms with Gasteiger partial charge in [-0.1, -0.05) is 29.8 Å². The lowest BCUT2D eigenvalue weighted by Gasteiger charge is -2.17. The van der Waals surface area contributed by atoms with Crippen molar-refractivity contribution in [3.8, 4) is 0 Å². The molecule has 3 rings (SSSR count). The highest BCUT2D eigenvalue weighted by molar-refractivity contribution is 5.84. The van der Waals surface area contributed by atoms with Crippen molar-refractivity contribution in [2.45, 2.75) is 45.2 Å². The molecule has 5 nitrogen and oxygen atoms in total. The molecule has 5 heteroatoms. The highest BCUT2D eigenvalue weighted by atomic mass is 16.2. The molecule has 2 aliphatic carbocycles. The summed E-state index contributed by atoms with van der Waals surface area (Å²) < 4.78 is 0. The van der Waals surface area contributed by atoms with E-state index in [-0.39, 0.29) is 18.5 Å². The van der Waals surface area contributed by atoms with E-state index in [1.807, 2.05) is 31.2 Å². The van der Waals surface area contributed by atoms with Gasteiger partial charge in [0.15, 0.2) is 0 Å². The van der Waals surface area contributed by atoms with Crippen molar-refractivity contribution in [2.24, 2.45) is 11.8 Å². The first-order chi connectivity index (χ1) is 11.1. The zero-order valence-corrected chi connectivity index (χ0v) is 13.6. The first-order valence-corrected chi connectivity index (χ1v) is 8.48. The Kier molecular flexibility index (Phi) is 4.84. The second-order valence-corrected chi connectivity index (χ2v) is 6.79. The number of aryl methyl sites for hydroxylation is 1. The molecule has 0 bridgehead atoms. The van der Waals surface area contributed by atoms with Crippen LogP contribution in [0.4, 0.5) is 4.79 Å². The average molecular weight is 315 g/mol. The van der Waals surface area contributed by atoms with Crippen molar-refractivity contribution in [3.05, 3.63) is 35.4 Å². The van der Waals surface area contributed by atoms with E-state index >= 15 is 0 Å². The molecular weight excluding hydrogens is 290 g/mol. The Hall–Kier alpha value is -2.04. The van der Waals surface area contributed by atoms with Gasteiger partial charge in [-0.3, -0.25) is 4.79 Å². The maximum absolute atomic E-state index is 12.0. The molecule has 2 fully saturated rings. The minimum absolute atomic E-state index is 0.0374. The third-order valence-corrected chi connectivity index (χ3v) is 4.57. The van der Waals surface area contributed by atoms with Crippen molar-refractivity contribution in [1.82, 2.24) is 16.0 Å². The summed E-state index contributed by atoms with van der Waals surface area (Å²) in [5.41, 5.74) is 2.23. The van der Waals surface area contributed by atoms with Gasteiger partial charge in [0, 0.05) is 12.6 Å². The van der Waals surface area contributed by atoms with E-state index in [2.05, 4.69) is 16.0 Å². The van der Waals surface area contributed by atoms with E-state index in [9.17, 15) is 9.59 Å². The Labute approximate surface area is 137 Å². The van der Waals surface area contributed by atoms with Gasteiger partial charge < -0.3 is 16.0 Å². The third-order valence-electron chi connectivity index (χ3n) is 4.57. The van der Waals surface area contributed by atoms with Crippen LogP contribution in [-0.2, 0) is 11.3 Å². The molecule has 0 aromatic heterocycles. The lowest BCUT2D eigenvalue weighted by atomic mass is 10.1. The highest BCUT2D eigenvalue weighted by Gasteiger charge is 2.42. The quantitative estimate of drug-likeness (QED) is 0.721. The van der Waals surface area contributed by atoms with E-state index in [1.165, 1.54) is 31.2 Å². The maximum atomic E-state index is 12.0. The minimum Gasteiger partial charge on any atom is -0.351 e. The van der Waals surface area contributed by atoms with Crippen LogP contribution in [-0.4, -0.2) is 24.5 Å². The first-order valence-electron chi connectivity index (χ1n) is 8.48. The number of hydrogen-bond acceptors (Lipinski definition) is 2. The molecule has 0 saturated heterocycles. The van der Waals surface area contributed by atoms with Gasteiger partial charge in [0.05, 0.1) is 6.54 Å². The van der Waals surface area contributed by atoms with Gasteiger partial charge in [-0.05, 0) is 50.0 Å². The second-order valence-electron chi connectivity index (χ2n) is 6.79. The Morgan fingerprint density at radius 3 is 2.22 bits per heavy atom. The predicted molar refractivity (Wildman–Crippen MR) is 88.8 cm³/mol. The monoisotopic (exact) mass is 315 g/mol. The topological polar surface area (TPSA) is 70.2 Å². The number of rotatable bonds is 7. The Morgan fingerprint density at radius 1 is 1.04 bits per heavy atom. The molecule has 0 atom stereocenters. The first kappa shape index (κ1) is 15.8. The van der Waals surface area contributed by atoms with Gasteiger partial charge >= 0.3 is 6.03 Å². The Balaban J connectivity index is 1.34. The molecular formula is C18H25N3O2. The molecule has 0 radical (unpaired) electrons. The molecule has 0 spiro atoms. The molecule has 1 aromatic rings. The van der Waals surface area contributed by atoms with Crippen molar-refractivity contribution in [1.29, 1.82) is 0 Å². The van der Waals surface area contributed by atoms with Gasteiger partial charge in [0.25, 0.3) is 0 Å². The highest BCUT2D eigenvalue weighted by Crippen LogP contribution is 2.44. The number of amides is 3. The zero-order valence-electron chi connectivity index (χ0n) is 13.6. The number of benzene rings is 1. The van der Waals surface area contributed by atoms with Gasteiger partial charge in [-0.15, -0.1) is 0 Å². The van der Waals surface area contributed by atoms with Gasteiger partial charge in [0.2, 0.25) is 5.91 Å². The number of carbonyl (C=O) groups is 2. The average Bonchev–Trinajstić information content (AvgIpc) is 3.42. The number of hydrogen-bond donors (Lipinski definition) is 3. The summed E-state index contributed by atoms with van der Waals surface area (Å²) in [6.07, 6.45) is 4.91. The number of urea groups is 1. The normalized spacial score (nSPS) is 17.0. The fourth-order valence-electron chi connectivity index (χ4n) is 2.88. The van der Waals surface area contributed by atoms with Crippen LogP contribution in [0.3, 0.4) is 0 Å². The van der Waals surface area contributed by atoms with Crippen LogP contribution < -0.4 is 16.0 Å². The van der Waals surface area contributed by atoms with Gasteiger partial charge in [-0.25, -0.2) is 4.79 Å². The van der Waals surface area contributed by atoms with Crippen LogP contribution in [0, 0.1) is 18.8 Å². The molecule has 3 amide bonds. The zero-order chi connectivity index (χ0) is 16.2. The fourth-order valence-corrected chi connectivity index (χ4v) is 2.88. The van der Waals surface area contributed by atoms with Crippen LogP contribution >= 0.6 is 0 Å². The number of nitrogens with one attached hydrogen (secondary N) is 3. The summed E-state index contributed by atoms with van der Waals surface area (Å²) in [7, 11) is 0. The summed E-state index contributed by atoms with van der Waals surface area (Å²) in [4.78, 5) is 23.7. The predicted octanol–water partition coefficient (Wildman–Crippen LogP) is 2.10. The summed E-state index contributed by atoms with van der Waals surface area (Å²) in [5, 5.41) is 8.49. The number of carbonyl (C=O) groups excluding carboxylic acids is 2.